The van der Waals surface area contributed by atoms with Crippen LogP contribution in [0.5, 0.6) is 0 Å². The van der Waals surface area contributed by atoms with E-state index < -0.39 is 11.5 Å². The van der Waals surface area contributed by atoms with Crippen LogP contribution >= 0.6 is 0 Å². The van der Waals surface area contributed by atoms with E-state index in [4.69, 9.17) is 0 Å². The highest BCUT2D eigenvalue weighted by molar-refractivity contribution is 5.91. The van der Waals surface area contributed by atoms with E-state index in [1.54, 1.807) is 30.4 Å². The minimum atomic E-state index is -1.14. The summed E-state index contributed by atoms with van der Waals surface area (Å²) in [5.74, 6) is -0.811. The quantitative estimate of drug-likeness (QED) is 0.683. The number of benzene rings is 1. The van der Waals surface area contributed by atoms with Gasteiger partial charge in [-0.15, -0.1) is 18.3 Å². The van der Waals surface area contributed by atoms with Gasteiger partial charge in [0.2, 0.25) is 0 Å². The van der Waals surface area contributed by atoms with Crippen LogP contribution in [0.25, 0.3) is 0 Å². The summed E-state index contributed by atoms with van der Waals surface area (Å²) in [7, 11) is 0. The van der Waals surface area contributed by atoms with Crippen molar-refractivity contribution >= 4 is 5.91 Å². The van der Waals surface area contributed by atoms with Crippen LogP contribution < -0.4 is 5.32 Å². The van der Waals surface area contributed by atoms with Gasteiger partial charge in [-0.05, 0) is 18.9 Å². The van der Waals surface area contributed by atoms with Crippen molar-refractivity contribution in [3.8, 4) is 0 Å². The lowest BCUT2D eigenvalue weighted by atomic mass is 9.95. The normalized spacial score (nSPS) is 11.1. The van der Waals surface area contributed by atoms with Crippen molar-refractivity contribution in [1.82, 2.24) is 20.3 Å². The van der Waals surface area contributed by atoms with Crippen molar-refractivity contribution in [2.45, 2.75) is 25.0 Å². The zero-order chi connectivity index (χ0) is 18.3. The molecule has 25 heavy (non-hydrogen) atoms. The summed E-state index contributed by atoms with van der Waals surface area (Å²) < 4.78 is 15.0. The molecule has 0 saturated heterocycles. The van der Waals surface area contributed by atoms with E-state index in [1.165, 1.54) is 16.9 Å². The van der Waals surface area contributed by atoms with Gasteiger partial charge >= 0.3 is 0 Å². The SMILES string of the molecule is C=CCC(O)(CC=C)CNC(=O)c1cn(Cc2ccccc2F)nn1. The molecule has 1 heterocycles. The molecule has 0 unspecified atom stereocenters. The van der Waals surface area contributed by atoms with Crippen LogP contribution in [-0.2, 0) is 6.54 Å². The molecule has 2 rings (SSSR count). The number of rotatable bonds is 9. The molecule has 1 aromatic carbocycles. The number of nitrogens with zero attached hydrogens (tertiary/aromatic N) is 3. The molecule has 6 nitrogen and oxygen atoms in total. The molecule has 0 spiro atoms. The zero-order valence-electron chi connectivity index (χ0n) is 13.9. The summed E-state index contributed by atoms with van der Waals surface area (Å²) in [6.45, 7) is 7.40. The van der Waals surface area contributed by atoms with Crippen molar-refractivity contribution in [3.05, 3.63) is 72.8 Å². The Hall–Kier alpha value is -2.80. The van der Waals surface area contributed by atoms with E-state index in [-0.39, 0.29) is 24.6 Å². The molecule has 7 heteroatoms. The first-order valence-electron chi connectivity index (χ1n) is 7.83. The summed E-state index contributed by atoms with van der Waals surface area (Å²) in [5, 5.41) is 20.6. The third-order valence-corrected chi connectivity index (χ3v) is 3.69. The van der Waals surface area contributed by atoms with Crippen molar-refractivity contribution in [2.24, 2.45) is 0 Å². The van der Waals surface area contributed by atoms with Crippen LogP contribution in [0.4, 0.5) is 4.39 Å². The van der Waals surface area contributed by atoms with Gasteiger partial charge in [-0.2, -0.15) is 0 Å². The third-order valence-electron chi connectivity index (χ3n) is 3.69. The molecule has 1 aromatic heterocycles. The first-order valence-corrected chi connectivity index (χ1v) is 7.83. The number of nitrogens with one attached hydrogen (secondary N) is 1. The molecule has 0 atom stereocenters. The number of carbonyl (C=O) groups is 1. The molecule has 0 saturated carbocycles. The fourth-order valence-corrected chi connectivity index (χ4v) is 2.38. The number of amides is 1. The molecule has 2 N–H and O–H groups in total. The van der Waals surface area contributed by atoms with Crippen molar-refractivity contribution in [1.29, 1.82) is 0 Å². The topological polar surface area (TPSA) is 80.0 Å². The fraction of sp³-hybridized carbons (Fsp3) is 0.278. The van der Waals surface area contributed by atoms with Gasteiger partial charge < -0.3 is 10.4 Å². The molecule has 1 amide bonds. The van der Waals surface area contributed by atoms with E-state index in [0.717, 1.165) is 0 Å². The first kappa shape index (κ1) is 18.5. The second-order valence-electron chi connectivity index (χ2n) is 5.79. The maximum Gasteiger partial charge on any atom is 0.273 e. The maximum atomic E-state index is 13.7. The number of aromatic nitrogens is 3. The minimum Gasteiger partial charge on any atom is -0.387 e. The van der Waals surface area contributed by atoms with Crippen LogP contribution in [0, 0.1) is 5.82 Å². The van der Waals surface area contributed by atoms with Gasteiger partial charge in [0.25, 0.3) is 5.91 Å². The van der Waals surface area contributed by atoms with Crippen LogP contribution in [0.3, 0.4) is 0 Å². The Kier molecular flexibility index (Phi) is 6.19. The second kappa shape index (κ2) is 8.34. The Balaban J connectivity index is 1.99. The number of aliphatic hydroxyl groups is 1. The third kappa shape index (κ3) is 5.09. The highest BCUT2D eigenvalue weighted by Gasteiger charge is 2.25. The van der Waals surface area contributed by atoms with E-state index in [0.29, 0.717) is 18.4 Å². The zero-order valence-corrected chi connectivity index (χ0v) is 13.9. The van der Waals surface area contributed by atoms with Gasteiger partial charge in [0.1, 0.15) is 5.82 Å². The molecule has 0 aliphatic rings. The number of hydrogen-bond acceptors (Lipinski definition) is 4. The molecule has 132 valence electrons. The second-order valence-corrected chi connectivity index (χ2v) is 5.79. The lowest BCUT2D eigenvalue weighted by Crippen LogP contribution is -2.42. The smallest absolute Gasteiger partial charge is 0.273 e. The van der Waals surface area contributed by atoms with E-state index in [2.05, 4.69) is 28.8 Å². The highest BCUT2D eigenvalue weighted by Crippen LogP contribution is 2.15. The predicted molar refractivity (Wildman–Crippen MR) is 92.4 cm³/mol. The van der Waals surface area contributed by atoms with Crippen LogP contribution in [0.1, 0.15) is 28.9 Å². The predicted octanol–water partition coefficient (Wildman–Crippen LogP) is 2.08. The first-order chi connectivity index (χ1) is 12.0. The standard InChI is InChI=1S/C18H21FN4O2/c1-3-9-18(25,10-4-2)13-20-17(24)16-12-23(22-21-16)11-14-7-5-6-8-15(14)19/h3-8,12,25H,1-2,9-11,13H2,(H,20,24). The van der Waals surface area contributed by atoms with Gasteiger partial charge in [0.15, 0.2) is 5.69 Å². The summed E-state index contributed by atoms with van der Waals surface area (Å²) in [6, 6.07) is 6.33. The van der Waals surface area contributed by atoms with Crippen molar-refractivity contribution in [3.63, 3.8) is 0 Å². The fourth-order valence-electron chi connectivity index (χ4n) is 2.38. The van der Waals surface area contributed by atoms with Crippen molar-refractivity contribution in [2.75, 3.05) is 6.54 Å². The average Bonchev–Trinajstić information content (AvgIpc) is 3.04. The molecule has 0 aliphatic heterocycles. The Bertz CT molecular complexity index is 747. The molecule has 0 aliphatic carbocycles. The number of carbonyl (C=O) groups excluding carboxylic acids is 1. The largest absolute Gasteiger partial charge is 0.387 e. The Morgan fingerprint density at radius 1 is 1.32 bits per heavy atom. The summed E-state index contributed by atoms with van der Waals surface area (Å²) in [5.41, 5.74) is -0.593. The van der Waals surface area contributed by atoms with Gasteiger partial charge in [0.05, 0.1) is 18.3 Å². The Morgan fingerprint density at radius 3 is 2.64 bits per heavy atom. The van der Waals surface area contributed by atoms with E-state index in [1.807, 2.05) is 0 Å². The molecule has 0 bridgehead atoms. The van der Waals surface area contributed by atoms with Gasteiger partial charge in [-0.1, -0.05) is 35.6 Å². The minimum absolute atomic E-state index is 0.0318. The van der Waals surface area contributed by atoms with Crippen LogP contribution in [0.2, 0.25) is 0 Å². The van der Waals surface area contributed by atoms with Gasteiger partial charge in [-0.25, -0.2) is 9.07 Å². The maximum absolute atomic E-state index is 13.7. The highest BCUT2D eigenvalue weighted by atomic mass is 19.1. The van der Waals surface area contributed by atoms with E-state index in [9.17, 15) is 14.3 Å². The van der Waals surface area contributed by atoms with Crippen molar-refractivity contribution < 1.29 is 14.3 Å². The van der Waals surface area contributed by atoms with Gasteiger partial charge in [0, 0.05) is 12.1 Å². The summed E-state index contributed by atoms with van der Waals surface area (Å²) in [6.07, 6.45) is 5.24. The summed E-state index contributed by atoms with van der Waals surface area (Å²) >= 11 is 0. The Labute approximate surface area is 145 Å². The molecular weight excluding hydrogens is 323 g/mol. The summed E-state index contributed by atoms with van der Waals surface area (Å²) in [4.78, 5) is 12.2. The Morgan fingerprint density at radius 2 is 2.00 bits per heavy atom. The molecule has 0 fully saturated rings. The monoisotopic (exact) mass is 344 g/mol. The van der Waals surface area contributed by atoms with E-state index >= 15 is 0 Å². The van der Waals surface area contributed by atoms with Gasteiger partial charge in [-0.3, -0.25) is 4.79 Å². The lowest BCUT2D eigenvalue weighted by Gasteiger charge is -2.25. The molecule has 0 radical (unpaired) electrons. The van der Waals surface area contributed by atoms with Crippen LogP contribution in [-0.4, -0.2) is 38.2 Å². The number of hydrogen-bond donors (Lipinski definition) is 2. The lowest BCUT2D eigenvalue weighted by molar-refractivity contribution is 0.0436. The molecular formula is C18H21FN4O2. The number of halogens is 1. The average molecular weight is 344 g/mol. The van der Waals surface area contributed by atoms with Crippen LogP contribution in [0.15, 0.2) is 55.8 Å². The molecule has 2 aromatic rings.